The van der Waals surface area contributed by atoms with Gasteiger partial charge in [-0.3, -0.25) is 9.59 Å². The van der Waals surface area contributed by atoms with Gasteiger partial charge in [0.05, 0.1) is 11.3 Å². The highest BCUT2D eigenvalue weighted by molar-refractivity contribution is 6.04. The molecule has 172 valence electrons. The molecule has 0 unspecified atom stereocenters. The van der Waals surface area contributed by atoms with E-state index in [0.717, 1.165) is 10.4 Å². The average molecular weight is 461 g/mol. The van der Waals surface area contributed by atoms with Crippen LogP contribution in [-0.2, 0) is 14.4 Å². The minimum atomic E-state index is -5.14. The minimum Gasteiger partial charge on any atom is -0.366 e. The number of nitrogens with one attached hydrogen (secondary N) is 1. The van der Waals surface area contributed by atoms with Crippen molar-refractivity contribution in [2.75, 3.05) is 11.9 Å². The molecule has 2 amide bonds. The molecule has 2 heterocycles. The predicted molar refractivity (Wildman–Crippen MR) is 110 cm³/mol. The normalized spacial score (nSPS) is 16.6. The van der Waals surface area contributed by atoms with E-state index < -0.39 is 30.0 Å². The van der Waals surface area contributed by atoms with E-state index in [4.69, 9.17) is 5.73 Å². The quantitative estimate of drug-likeness (QED) is 0.603. The van der Waals surface area contributed by atoms with Crippen LogP contribution in [0.4, 0.5) is 18.9 Å². The molecule has 12 heteroatoms. The number of primary amides is 1. The van der Waals surface area contributed by atoms with E-state index in [1.807, 2.05) is 0 Å². The van der Waals surface area contributed by atoms with E-state index >= 15 is 0 Å². The number of benzene rings is 2. The molecule has 3 N–H and O–H groups in total. The number of hydrogen-bond acceptors (Lipinski definition) is 6. The number of nitrogens with zero attached hydrogens (tertiary/aromatic N) is 3. The average Bonchev–Trinajstić information content (AvgIpc) is 3.40. The fourth-order valence-electron chi connectivity index (χ4n) is 3.57. The second-order valence-corrected chi connectivity index (χ2v) is 7.39. The molecule has 0 aliphatic carbocycles. The zero-order chi connectivity index (χ0) is 23.8. The second-order valence-electron chi connectivity index (χ2n) is 7.39. The van der Waals surface area contributed by atoms with Crippen LogP contribution in [0.5, 0.6) is 0 Å². The smallest absolute Gasteiger partial charge is 0.366 e. The Bertz CT molecular complexity index is 1220. The molecule has 1 atom stereocenters. The number of hydroxylamine groups is 2. The predicted octanol–water partition coefficient (Wildman–Crippen LogP) is 2.55. The van der Waals surface area contributed by atoms with Crippen molar-refractivity contribution in [1.82, 2.24) is 14.8 Å². The Morgan fingerprint density at radius 3 is 2.52 bits per heavy atom. The van der Waals surface area contributed by atoms with Crippen molar-refractivity contribution >= 4 is 34.4 Å². The molecule has 2 aromatic carbocycles. The third-order valence-corrected chi connectivity index (χ3v) is 5.14. The van der Waals surface area contributed by atoms with Crippen LogP contribution in [0.15, 0.2) is 48.7 Å². The summed E-state index contributed by atoms with van der Waals surface area (Å²) >= 11 is 0. The molecule has 1 aliphatic rings. The molecular weight excluding hydrogens is 443 g/mol. The Balaban J connectivity index is 1.46. The first kappa shape index (κ1) is 22.3. The number of fused-ring (bicyclic) bond motifs is 1. The molecule has 0 bridgehead atoms. The third-order valence-electron chi connectivity index (χ3n) is 5.14. The summed E-state index contributed by atoms with van der Waals surface area (Å²) in [6, 6.07) is 10.6. The molecule has 9 nitrogen and oxygen atoms in total. The molecule has 4 rings (SSSR count). The summed E-state index contributed by atoms with van der Waals surface area (Å²) in [4.78, 5) is 39.6. The van der Waals surface area contributed by atoms with Gasteiger partial charge in [0.25, 0.3) is 5.91 Å². The van der Waals surface area contributed by atoms with Crippen molar-refractivity contribution < 1.29 is 32.4 Å². The van der Waals surface area contributed by atoms with Gasteiger partial charge in [-0.05, 0) is 43.2 Å². The largest absolute Gasteiger partial charge is 0.492 e. The lowest BCUT2D eigenvalue weighted by Crippen LogP contribution is -2.43. The molecule has 1 saturated heterocycles. The summed E-state index contributed by atoms with van der Waals surface area (Å²) < 4.78 is 38.9. The number of carbonyl (C=O) groups excluding carboxylic acids is 3. The number of alkyl halides is 3. The molecule has 3 aromatic rings. The van der Waals surface area contributed by atoms with Crippen molar-refractivity contribution in [3.63, 3.8) is 0 Å². The number of aromatic nitrogens is 2. The highest BCUT2D eigenvalue weighted by Gasteiger charge is 2.45. The van der Waals surface area contributed by atoms with Crippen LogP contribution in [0, 0.1) is 0 Å². The van der Waals surface area contributed by atoms with Crippen molar-refractivity contribution in [3.8, 4) is 5.69 Å². The molecule has 33 heavy (non-hydrogen) atoms. The summed E-state index contributed by atoms with van der Waals surface area (Å²) in [5.41, 5.74) is 7.17. The van der Waals surface area contributed by atoms with Gasteiger partial charge in [-0.15, -0.1) is 5.06 Å². The minimum absolute atomic E-state index is 0.0268. The lowest BCUT2D eigenvalue weighted by Gasteiger charge is -2.22. The van der Waals surface area contributed by atoms with E-state index in [9.17, 15) is 27.6 Å². The van der Waals surface area contributed by atoms with Crippen LogP contribution >= 0.6 is 0 Å². The molecule has 1 aromatic heterocycles. The van der Waals surface area contributed by atoms with Crippen LogP contribution < -0.4 is 11.1 Å². The lowest BCUT2D eigenvalue weighted by molar-refractivity contribution is -0.240. The third kappa shape index (κ3) is 4.65. The summed E-state index contributed by atoms with van der Waals surface area (Å²) in [6.07, 6.45) is -2.77. The van der Waals surface area contributed by atoms with Crippen LogP contribution in [0.2, 0.25) is 0 Å². The SMILES string of the molecule is NC(=O)c1cccc2cn(-c3ccc(NC(=O)[C@H]4CCCN4OC(=O)C(F)(F)F)cc3)nc12. The van der Waals surface area contributed by atoms with Crippen molar-refractivity contribution in [2.45, 2.75) is 25.1 Å². The lowest BCUT2D eigenvalue weighted by atomic mass is 10.1. The number of nitrogens with two attached hydrogens (primary N) is 1. The first-order chi connectivity index (χ1) is 15.6. The van der Waals surface area contributed by atoms with Gasteiger partial charge in [0, 0.05) is 23.8 Å². The number of hydrogen-bond donors (Lipinski definition) is 2. The Morgan fingerprint density at radius 2 is 1.85 bits per heavy atom. The van der Waals surface area contributed by atoms with E-state index in [1.54, 1.807) is 53.3 Å². The topological polar surface area (TPSA) is 120 Å². The van der Waals surface area contributed by atoms with Gasteiger partial charge >= 0.3 is 12.1 Å². The van der Waals surface area contributed by atoms with Crippen LogP contribution in [0.25, 0.3) is 16.6 Å². The maximum absolute atomic E-state index is 12.5. The Labute approximate surface area is 184 Å². The molecule has 1 aliphatic heterocycles. The second kappa shape index (κ2) is 8.54. The summed E-state index contributed by atoms with van der Waals surface area (Å²) in [7, 11) is 0. The summed E-state index contributed by atoms with van der Waals surface area (Å²) in [5.74, 6) is -3.55. The Morgan fingerprint density at radius 1 is 1.12 bits per heavy atom. The van der Waals surface area contributed by atoms with E-state index in [0.29, 0.717) is 28.9 Å². The zero-order valence-electron chi connectivity index (χ0n) is 17.0. The highest BCUT2D eigenvalue weighted by Crippen LogP contribution is 2.24. The maximum atomic E-state index is 12.5. The molecule has 0 spiro atoms. The molecule has 0 radical (unpaired) electrons. The molecular formula is C21H18F3N5O4. The van der Waals surface area contributed by atoms with Gasteiger partial charge in [-0.2, -0.15) is 18.3 Å². The van der Waals surface area contributed by atoms with Gasteiger partial charge in [0.2, 0.25) is 5.91 Å². The Hall–Kier alpha value is -3.93. The van der Waals surface area contributed by atoms with Crippen LogP contribution in [0.3, 0.4) is 0 Å². The number of anilines is 1. The monoisotopic (exact) mass is 461 g/mol. The summed E-state index contributed by atoms with van der Waals surface area (Å²) in [5, 5.41) is 8.48. The van der Waals surface area contributed by atoms with Gasteiger partial charge in [-0.25, -0.2) is 9.48 Å². The standard InChI is InChI=1S/C21H18F3N5O4/c22-21(23,24)20(32)33-29-10-2-5-16(29)19(31)26-13-6-8-14(9-7-13)28-11-12-3-1-4-15(18(25)30)17(12)27-28/h1,3-4,6-9,11,16H,2,5,10H2,(H2,25,30)(H,26,31)/t16-/m1/s1. The maximum Gasteiger partial charge on any atom is 0.492 e. The Kier molecular flexibility index (Phi) is 5.77. The van der Waals surface area contributed by atoms with Gasteiger partial charge in [0.15, 0.2) is 0 Å². The van der Waals surface area contributed by atoms with Crippen LogP contribution in [-0.4, -0.2) is 51.4 Å². The van der Waals surface area contributed by atoms with Crippen molar-refractivity contribution in [3.05, 3.63) is 54.2 Å². The zero-order valence-corrected chi connectivity index (χ0v) is 17.0. The van der Waals surface area contributed by atoms with E-state index in [-0.39, 0.29) is 13.0 Å². The summed E-state index contributed by atoms with van der Waals surface area (Å²) in [6.45, 7) is 0.0268. The number of amides is 2. The fraction of sp³-hybridized carbons (Fsp3) is 0.238. The number of rotatable bonds is 5. The number of halogens is 3. The van der Waals surface area contributed by atoms with Gasteiger partial charge in [0.1, 0.15) is 11.6 Å². The molecule has 1 fully saturated rings. The van der Waals surface area contributed by atoms with Gasteiger partial charge < -0.3 is 15.9 Å². The molecule has 0 saturated carbocycles. The number of carbonyl (C=O) groups is 3. The van der Waals surface area contributed by atoms with E-state index in [2.05, 4.69) is 15.3 Å². The van der Waals surface area contributed by atoms with Crippen LogP contribution in [0.1, 0.15) is 23.2 Å². The fourth-order valence-corrected chi connectivity index (χ4v) is 3.57. The van der Waals surface area contributed by atoms with Crippen molar-refractivity contribution in [1.29, 1.82) is 0 Å². The first-order valence-electron chi connectivity index (χ1n) is 9.89. The first-order valence-corrected chi connectivity index (χ1v) is 9.89. The van der Waals surface area contributed by atoms with Gasteiger partial charge in [-0.1, -0.05) is 12.1 Å². The van der Waals surface area contributed by atoms with Crippen molar-refractivity contribution in [2.24, 2.45) is 5.73 Å². The van der Waals surface area contributed by atoms with E-state index in [1.165, 1.54) is 0 Å². The highest BCUT2D eigenvalue weighted by atomic mass is 19.4.